The van der Waals surface area contributed by atoms with Gasteiger partial charge in [0.2, 0.25) is 5.91 Å². The number of pyridine rings is 1. The van der Waals surface area contributed by atoms with Crippen molar-refractivity contribution in [3.63, 3.8) is 0 Å². The molecule has 3 rings (SSSR count). The monoisotopic (exact) mass is 567 g/mol. The highest BCUT2D eigenvalue weighted by molar-refractivity contribution is 8.15. The highest BCUT2D eigenvalue weighted by atomic mass is 35.5. The molecular formula is C25H28ClF2N5O4S. The first-order valence-corrected chi connectivity index (χ1v) is 12.7. The molecule has 0 unspecified atom stereocenters. The molecule has 1 aromatic carbocycles. The molecule has 1 aromatic heterocycles. The van der Waals surface area contributed by atoms with Crippen LogP contribution in [0.4, 0.5) is 19.3 Å². The Morgan fingerprint density at radius 1 is 1.16 bits per heavy atom. The van der Waals surface area contributed by atoms with Crippen molar-refractivity contribution >= 4 is 52.1 Å². The van der Waals surface area contributed by atoms with E-state index in [0.717, 1.165) is 17.8 Å². The van der Waals surface area contributed by atoms with E-state index in [-0.39, 0.29) is 22.1 Å². The number of aliphatic imine (C=N–C) groups is 1. The number of nitrogens with zero attached hydrogens (tertiary/aromatic N) is 2. The molecule has 3 amide bonds. The van der Waals surface area contributed by atoms with Crippen molar-refractivity contribution in [1.82, 2.24) is 10.3 Å². The summed E-state index contributed by atoms with van der Waals surface area (Å²) in [6, 6.07) is 4.86. The first kappa shape index (κ1) is 29.3. The van der Waals surface area contributed by atoms with Gasteiger partial charge in [-0.25, -0.2) is 18.6 Å². The number of hydrogen-bond donors (Lipinski definition) is 3. The molecule has 13 heteroatoms. The molecule has 0 bridgehead atoms. The maximum Gasteiger partial charge on any atom is 0.413 e. The highest BCUT2D eigenvalue weighted by Crippen LogP contribution is 2.51. The third kappa shape index (κ3) is 6.07. The molecule has 0 aliphatic carbocycles. The zero-order valence-electron chi connectivity index (χ0n) is 21.6. The van der Waals surface area contributed by atoms with Gasteiger partial charge in [-0.3, -0.25) is 19.9 Å². The average Bonchev–Trinajstić information content (AvgIpc) is 2.78. The molecule has 9 nitrogen and oxygen atoms in total. The molecule has 0 radical (unpaired) electrons. The minimum absolute atomic E-state index is 0.00231. The van der Waals surface area contributed by atoms with E-state index in [1.165, 1.54) is 38.2 Å². The van der Waals surface area contributed by atoms with Crippen molar-refractivity contribution in [2.75, 3.05) is 5.32 Å². The van der Waals surface area contributed by atoms with Crippen molar-refractivity contribution in [2.45, 2.75) is 57.4 Å². The van der Waals surface area contributed by atoms with Crippen LogP contribution in [-0.4, -0.2) is 38.4 Å². The van der Waals surface area contributed by atoms with Gasteiger partial charge in [0, 0.05) is 29.4 Å². The fraction of sp³-hybridized carbons (Fsp3) is 0.400. The van der Waals surface area contributed by atoms with Crippen molar-refractivity contribution in [3.05, 3.63) is 58.4 Å². The zero-order chi connectivity index (χ0) is 28.6. The summed E-state index contributed by atoms with van der Waals surface area (Å²) in [5, 5.41) is 5.21. The van der Waals surface area contributed by atoms with Gasteiger partial charge in [0.15, 0.2) is 16.8 Å². The molecule has 4 N–H and O–H groups in total. The van der Waals surface area contributed by atoms with Gasteiger partial charge in [-0.15, -0.1) is 0 Å². The lowest BCUT2D eigenvalue weighted by Crippen LogP contribution is -2.56. The Kier molecular flexibility index (Phi) is 8.09. The minimum Gasteiger partial charge on any atom is -0.444 e. The molecule has 0 fully saturated rings. The fourth-order valence-corrected chi connectivity index (χ4v) is 5.28. The summed E-state index contributed by atoms with van der Waals surface area (Å²) in [4.78, 5) is 46.1. The number of nitrogens with two attached hydrogens (primary N) is 1. The number of rotatable bonds is 4. The van der Waals surface area contributed by atoms with Gasteiger partial charge in [-0.2, -0.15) is 0 Å². The number of aromatic nitrogens is 1. The Hall–Kier alpha value is -3.25. The van der Waals surface area contributed by atoms with Crippen LogP contribution < -0.4 is 16.4 Å². The largest absolute Gasteiger partial charge is 0.444 e. The van der Waals surface area contributed by atoms with E-state index in [0.29, 0.717) is 5.02 Å². The van der Waals surface area contributed by atoms with Gasteiger partial charge in [0.1, 0.15) is 16.0 Å². The molecule has 1 aliphatic rings. The molecule has 1 aliphatic heterocycles. The Morgan fingerprint density at radius 3 is 2.37 bits per heavy atom. The number of thioether (sulfide) groups is 1. The van der Waals surface area contributed by atoms with Gasteiger partial charge < -0.3 is 15.8 Å². The predicted molar refractivity (Wildman–Crippen MR) is 142 cm³/mol. The van der Waals surface area contributed by atoms with Gasteiger partial charge in [0.25, 0.3) is 5.91 Å². The Bertz CT molecular complexity index is 1320. The number of benzene rings is 1. The van der Waals surface area contributed by atoms with E-state index in [1.807, 2.05) is 0 Å². The number of anilines is 1. The van der Waals surface area contributed by atoms with E-state index in [1.54, 1.807) is 27.7 Å². The summed E-state index contributed by atoms with van der Waals surface area (Å²) in [7, 11) is 0. The summed E-state index contributed by atoms with van der Waals surface area (Å²) < 4.78 is 34.1. The number of amidine groups is 1. The molecule has 0 saturated heterocycles. The molecule has 2 heterocycles. The topological polar surface area (TPSA) is 136 Å². The molecule has 204 valence electrons. The fourth-order valence-electron chi connectivity index (χ4n) is 3.89. The molecule has 3 atom stereocenters. The Morgan fingerprint density at radius 2 is 1.82 bits per heavy atom. The Balaban J connectivity index is 2.08. The second kappa shape index (κ2) is 10.5. The third-order valence-corrected chi connectivity index (χ3v) is 7.79. The van der Waals surface area contributed by atoms with Gasteiger partial charge in [0.05, 0.1) is 10.6 Å². The SMILES string of the molecule is C[C@@H]1[C@@](C)(C(N)=O)SC(NC(=O)OC(C)(C)C)=N[C@]1(C)c1cc(NC(=O)c2ccc(Cl)cn2)cc(F)c1F. The van der Waals surface area contributed by atoms with Crippen molar-refractivity contribution in [3.8, 4) is 0 Å². The maximum atomic E-state index is 15.3. The molecule has 38 heavy (non-hydrogen) atoms. The average molecular weight is 568 g/mol. The highest BCUT2D eigenvalue weighted by Gasteiger charge is 2.54. The second-order valence-corrected chi connectivity index (χ2v) is 12.0. The van der Waals surface area contributed by atoms with Gasteiger partial charge in [-0.1, -0.05) is 30.3 Å². The van der Waals surface area contributed by atoms with Crippen molar-refractivity contribution < 1.29 is 27.9 Å². The summed E-state index contributed by atoms with van der Waals surface area (Å²) >= 11 is 6.69. The minimum atomic E-state index is -1.61. The number of nitrogens with one attached hydrogen (secondary N) is 2. The number of amides is 3. The number of hydrogen-bond acceptors (Lipinski definition) is 7. The number of halogens is 3. The first-order valence-electron chi connectivity index (χ1n) is 11.5. The van der Waals surface area contributed by atoms with Crippen LogP contribution in [-0.2, 0) is 15.1 Å². The summed E-state index contributed by atoms with van der Waals surface area (Å²) in [6.07, 6.45) is 0.421. The molecule has 0 spiro atoms. The molecule has 2 aromatic rings. The second-order valence-electron chi connectivity index (χ2n) is 10.1. The van der Waals surface area contributed by atoms with E-state index in [2.05, 4.69) is 20.6 Å². The summed E-state index contributed by atoms with van der Waals surface area (Å²) in [5.41, 5.74) is 2.95. The van der Waals surface area contributed by atoms with E-state index in [9.17, 15) is 18.8 Å². The Labute approximate surface area is 228 Å². The summed E-state index contributed by atoms with van der Waals surface area (Å²) in [6.45, 7) is 9.63. The summed E-state index contributed by atoms with van der Waals surface area (Å²) in [5.74, 6) is -4.72. The number of carbonyl (C=O) groups excluding carboxylic acids is 3. The molecule has 0 saturated carbocycles. The number of carbonyl (C=O) groups is 3. The lowest BCUT2D eigenvalue weighted by atomic mass is 9.73. The van der Waals surface area contributed by atoms with Gasteiger partial charge >= 0.3 is 6.09 Å². The van der Waals surface area contributed by atoms with Crippen LogP contribution in [0.1, 0.15) is 57.6 Å². The standard InChI is InChI=1S/C25H28ClF2N5O4S/c1-12-24(5,33-21(38-25(12,6)20(29)35)32-22(36)37-23(2,3)4)15-9-14(10-16(27)18(15)28)31-19(34)17-8-7-13(26)11-30-17/h7-12H,1-6H3,(H2,29,35)(H,31,34)(H,32,33,36)/t12-,24-,25-/m0/s1. The lowest BCUT2D eigenvalue weighted by Gasteiger charge is -2.46. The number of primary amides is 1. The zero-order valence-corrected chi connectivity index (χ0v) is 23.2. The lowest BCUT2D eigenvalue weighted by molar-refractivity contribution is -0.121. The normalized spacial score (nSPS) is 23.3. The van der Waals surface area contributed by atoms with E-state index < -0.39 is 51.3 Å². The maximum absolute atomic E-state index is 15.3. The van der Waals surface area contributed by atoms with Crippen LogP contribution in [0.5, 0.6) is 0 Å². The van der Waals surface area contributed by atoms with Gasteiger partial charge in [-0.05, 0) is 52.8 Å². The van der Waals surface area contributed by atoms with Crippen molar-refractivity contribution in [2.24, 2.45) is 16.6 Å². The van der Waals surface area contributed by atoms with Crippen molar-refractivity contribution in [1.29, 1.82) is 0 Å². The van der Waals surface area contributed by atoms with Crippen LogP contribution in [0.2, 0.25) is 5.02 Å². The first-order chi connectivity index (χ1) is 17.5. The van der Waals surface area contributed by atoms with Crippen LogP contribution in [0, 0.1) is 17.6 Å². The van der Waals surface area contributed by atoms with Crippen LogP contribution >= 0.6 is 23.4 Å². The quantitative estimate of drug-likeness (QED) is 0.476. The number of ether oxygens (including phenoxy) is 1. The third-order valence-electron chi connectivity index (χ3n) is 6.20. The predicted octanol–water partition coefficient (Wildman–Crippen LogP) is 4.99. The molecular weight excluding hydrogens is 540 g/mol. The van der Waals surface area contributed by atoms with Crippen LogP contribution in [0.15, 0.2) is 35.5 Å². The van der Waals surface area contributed by atoms with Crippen LogP contribution in [0.25, 0.3) is 0 Å². The van der Waals surface area contributed by atoms with Crippen LogP contribution in [0.3, 0.4) is 0 Å². The van der Waals surface area contributed by atoms with E-state index in [4.69, 9.17) is 22.1 Å². The van der Waals surface area contributed by atoms with E-state index >= 15 is 4.39 Å². The number of alkyl carbamates (subject to hydrolysis) is 1. The smallest absolute Gasteiger partial charge is 0.413 e.